The Morgan fingerprint density at radius 3 is 2.72 bits per heavy atom. The Kier molecular flexibility index (Phi) is 4.68. The van der Waals surface area contributed by atoms with Crippen LogP contribution >= 0.6 is 0 Å². The molecule has 3 rings (SSSR count). The lowest BCUT2D eigenvalue weighted by atomic mass is 9.96. The van der Waals surface area contributed by atoms with E-state index in [-0.39, 0.29) is 23.9 Å². The predicted molar refractivity (Wildman–Crippen MR) is 82.8 cm³/mol. The monoisotopic (exact) mass is 351 g/mol. The zero-order valence-electron chi connectivity index (χ0n) is 13.0. The summed E-state index contributed by atoms with van der Waals surface area (Å²) < 4.78 is 6.87. The Morgan fingerprint density at radius 2 is 2.04 bits per heavy atom. The van der Waals surface area contributed by atoms with Gasteiger partial charge in [-0.3, -0.25) is 10.1 Å². The number of nitro benzene ring substituents is 1. The van der Waals surface area contributed by atoms with Crippen LogP contribution in [0.3, 0.4) is 0 Å². The van der Waals surface area contributed by atoms with E-state index in [0.29, 0.717) is 5.69 Å². The Hall–Kier alpha value is -2.53. The van der Waals surface area contributed by atoms with Crippen LogP contribution < -0.4 is 4.74 Å². The summed E-state index contributed by atoms with van der Waals surface area (Å²) in [5.41, 5.74) is 0.268. The van der Waals surface area contributed by atoms with E-state index in [0.717, 1.165) is 0 Å². The molecule has 0 fully saturated rings. The molecule has 25 heavy (non-hydrogen) atoms. The summed E-state index contributed by atoms with van der Waals surface area (Å²) in [6.45, 7) is -0.488. The summed E-state index contributed by atoms with van der Waals surface area (Å²) in [5.74, 6) is 0.383. The highest BCUT2D eigenvalue weighted by molar-refractivity contribution is 5.38. The minimum absolute atomic E-state index is 0.0434. The first-order valence-corrected chi connectivity index (χ1v) is 7.52. The van der Waals surface area contributed by atoms with Gasteiger partial charge in [-0.2, -0.15) is 0 Å². The number of nitrogens with zero attached hydrogens (tertiary/aromatic N) is 3. The maximum Gasteiger partial charge on any atom is 0.273 e. The lowest BCUT2D eigenvalue weighted by Crippen LogP contribution is -2.46. The van der Waals surface area contributed by atoms with Crippen molar-refractivity contribution >= 4 is 5.69 Å². The van der Waals surface area contributed by atoms with Gasteiger partial charge in [-0.15, -0.1) is 0 Å². The normalized spacial score (nSPS) is 25.4. The van der Waals surface area contributed by atoms with Crippen LogP contribution in [0.15, 0.2) is 30.5 Å². The van der Waals surface area contributed by atoms with Gasteiger partial charge >= 0.3 is 0 Å². The van der Waals surface area contributed by atoms with Gasteiger partial charge in [0, 0.05) is 12.3 Å². The van der Waals surface area contributed by atoms with Gasteiger partial charge < -0.3 is 29.7 Å². The summed E-state index contributed by atoms with van der Waals surface area (Å²) in [7, 11) is 0. The molecule has 4 atom stereocenters. The maximum atomic E-state index is 10.8. The van der Waals surface area contributed by atoms with Crippen molar-refractivity contribution in [2.24, 2.45) is 0 Å². The molecular formula is C15H17N3O7. The van der Waals surface area contributed by atoms with E-state index < -0.39 is 35.9 Å². The van der Waals surface area contributed by atoms with Crippen molar-refractivity contribution in [1.29, 1.82) is 0 Å². The number of non-ortho nitro benzene ring substituents is 1. The van der Waals surface area contributed by atoms with Crippen molar-refractivity contribution in [1.82, 2.24) is 9.55 Å². The molecule has 10 nitrogen and oxygen atoms in total. The van der Waals surface area contributed by atoms with Gasteiger partial charge in [-0.25, -0.2) is 4.98 Å². The first-order valence-electron chi connectivity index (χ1n) is 7.52. The average molecular weight is 351 g/mol. The molecule has 134 valence electrons. The van der Waals surface area contributed by atoms with Crippen molar-refractivity contribution in [2.75, 3.05) is 6.61 Å². The van der Waals surface area contributed by atoms with Gasteiger partial charge in [-0.05, 0) is 6.07 Å². The summed E-state index contributed by atoms with van der Waals surface area (Å²) in [6.07, 6.45) is -2.71. The summed E-state index contributed by atoms with van der Waals surface area (Å²) >= 11 is 0. The number of hydrogen-bond donors (Lipinski definition) is 4. The van der Waals surface area contributed by atoms with E-state index in [1.54, 1.807) is 6.07 Å². The van der Waals surface area contributed by atoms with Crippen LogP contribution in [0.5, 0.6) is 5.75 Å². The smallest absolute Gasteiger partial charge is 0.273 e. The molecule has 2 aromatic rings. The van der Waals surface area contributed by atoms with Crippen LogP contribution in [0.4, 0.5) is 5.69 Å². The molecule has 2 heterocycles. The number of rotatable bonds is 5. The van der Waals surface area contributed by atoms with Crippen molar-refractivity contribution in [3.05, 3.63) is 52.1 Å². The second-order valence-electron chi connectivity index (χ2n) is 5.72. The van der Waals surface area contributed by atoms with Crippen LogP contribution in [-0.4, -0.2) is 53.7 Å². The highest BCUT2D eigenvalue weighted by Gasteiger charge is 2.41. The average Bonchev–Trinajstić information content (AvgIpc) is 3.03. The maximum absolute atomic E-state index is 10.8. The van der Waals surface area contributed by atoms with Crippen molar-refractivity contribution in [3.8, 4) is 5.75 Å². The zero-order chi connectivity index (χ0) is 18.1. The number of fused-ring (bicyclic) bond motifs is 1. The molecule has 1 aromatic heterocycles. The molecule has 0 unspecified atom stereocenters. The third kappa shape index (κ3) is 3.20. The van der Waals surface area contributed by atoms with Gasteiger partial charge in [-0.1, -0.05) is 6.07 Å². The molecule has 0 bridgehead atoms. The van der Waals surface area contributed by atoms with E-state index in [1.807, 2.05) is 0 Å². The number of imidazole rings is 1. The molecule has 1 aliphatic heterocycles. The number of ether oxygens (including phenoxy) is 1. The van der Waals surface area contributed by atoms with Crippen LogP contribution in [0.1, 0.15) is 23.7 Å². The molecule has 10 heteroatoms. The first-order chi connectivity index (χ1) is 11.9. The largest absolute Gasteiger partial charge is 0.487 e. The summed E-state index contributed by atoms with van der Waals surface area (Å²) in [6, 6.07) is 4.82. The summed E-state index contributed by atoms with van der Waals surface area (Å²) in [5, 5.41) is 50.0. The van der Waals surface area contributed by atoms with Gasteiger partial charge in [0.25, 0.3) is 5.69 Å². The van der Waals surface area contributed by atoms with E-state index >= 15 is 0 Å². The molecule has 0 saturated heterocycles. The van der Waals surface area contributed by atoms with Crippen LogP contribution in [0, 0.1) is 10.1 Å². The quantitative estimate of drug-likeness (QED) is 0.422. The van der Waals surface area contributed by atoms with Crippen molar-refractivity contribution in [2.45, 2.75) is 31.0 Å². The number of aromatic nitrogens is 2. The number of benzene rings is 1. The molecule has 1 aromatic carbocycles. The van der Waals surface area contributed by atoms with Gasteiger partial charge in [0.15, 0.2) is 0 Å². The number of aliphatic hydroxyl groups excluding tert-OH is 4. The lowest BCUT2D eigenvalue weighted by molar-refractivity contribution is -0.384. The Bertz CT molecular complexity index is 778. The minimum Gasteiger partial charge on any atom is -0.487 e. The molecule has 0 saturated carbocycles. The second kappa shape index (κ2) is 6.76. The third-order valence-electron chi connectivity index (χ3n) is 4.10. The number of nitro groups is 1. The van der Waals surface area contributed by atoms with Crippen LogP contribution in [0.25, 0.3) is 0 Å². The predicted octanol–water partition coefficient (Wildman–Crippen LogP) is -0.328. The Balaban J connectivity index is 1.79. The fourth-order valence-electron chi connectivity index (χ4n) is 2.79. The van der Waals surface area contributed by atoms with Crippen molar-refractivity contribution < 1.29 is 30.1 Å². The molecule has 0 radical (unpaired) electrons. The SMILES string of the molecule is O=[N+]([O-])c1cccc(OCc2cn3c(n2)[C@@H](O)[C@@H](O)[C@H](O)[C@H]3CO)c1. The Labute approximate surface area is 141 Å². The van der Waals surface area contributed by atoms with Gasteiger partial charge in [0.2, 0.25) is 0 Å². The standard InChI is InChI=1S/C15H17N3O7/c19-6-11-12(20)13(21)14(22)15-16-8(5-17(11)15)7-25-10-3-1-2-9(4-10)18(23)24/h1-5,11-14,19-22H,6-7H2/t11-,12-,13+,14+/m1/s1. The number of aliphatic hydroxyl groups is 4. The number of hydrogen-bond acceptors (Lipinski definition) is 8. The highest BCUT2D eigenvalue weighted by atomic mass is 16.6. The fourth-order valence-corrected chi connectivity index (χ4v) is 2.79. The molecular weight excluding hydrogens is 334 g/mol. The summed E-state index contributed by atoms with van der Waals surface area (Å²) in [4.78, 5) is 14.4. The molecule has 0 spiro atoms. The molecule has 0 amide bonds. The lowest BCUT2D eigenvalue weighted by Gasteiger charge is -2.35. The highest BCUT2D eigenvalue weighted by Crippen LogP contribution is 2.32. The van der Waals surface area contributed by atoms with Gasteiger partial charge in [0.1, 0.15) is 36.5 Å². The molecule has 0 aliphatic carbocycles. The van der Waals surface area contributed by atoms with E-state index in [1.165, 1.54) is 29.0 Å². The van der Waals surface area contributed by atoms with Crippen LogP contribution in [0.2, 0.25) is 0 Å². The Morgan fingerprint density at radius 1 is 1.28 bits per heavy atom. The van der Waals surface area contributed by atoms with E-state index in [2.05, 4.69) is 4.98 Å². The first kappa shape index (κ1) is 17.3. The molecule has 4 N–H and O–H groups in total. The third-order valence-corrected chi connectivity index (χ3v) is 4.10. The topological polar surface area (TPSA) is 151 Å². The van der Waals surface area contributed by atoms with Crippen LogP contribution in [-0.2, 0) is 6.61 Å². The molecule has 1 aliphatic rings. The zero-order valence-corrected chi connectivity index (χ0v) is 13.0. The second-order valence-corrected chi connectivity index (χ2v) is 5.72. The van der Waals surface area contributed by atoms with E-state index in [4.69, 9.17) is 4.74 Å². The van der Waals surface area contributed by atoms with E-state index in [9.17, 15) is 30.5 Å². The minimum atomic E-state index is -1.46. The van der Waals surface area contributed by atoms with Crippen molar-refractivity contribution in [3.63, 3.8) is 0 Å². The fraction of sp³-hybridized carbons (Fsp3) is 0.400. The van der Waals surface area contributed by atoms with Gasteiger partial charge in [0.05, 0.1) is 29.3 Å².